The highest BCUT2D eigenvalue weighted by molar-refractivity contribution is 9.09. The van der Waals surface area contributed by atoms with Crippen molar-refractivity contribution < 1.29 is 9.18 Å². The summed E-state index contributed by atoms with van der Waals surface area (Å²) >= 11 is 3.63. The number of nitrogens with one attached hydrogen (secondary N) is 1. The second kappa shape index (κ2) is 5.60. The van der Waals surface area contributed by atoms with Gasteiger partial charge < -0.3 is 5.32 Å². The van der Waals surface area contributed by atoms with Crippen molar-refractivity contribution in [3.8, 4) is 0 Å². The Morgan fingerprint density at radius 2 is 2.05 bits per heavy atom. The van der Waals surface area contributed by atoms with E-state index in [4.69, 9.17) is 0 Å². The fourth-order valence-electron chi connectivity index (χ4n) is 2.77. The number of halogens is 2. The van der Waals surface area contributed by atoms with Gasteiger partial charge in [0.2, 0.25) is 0 Å². The van der Waals surface area contributed by atoms with Gasteiger partial charge in [0.05, 0.1) is 6.04 Å². The molecular weight excluding hydrogens is 333 g/mol. The standard InChI is InChI=1S/C17H15BrFNO/c1-10-6-7-12(19)9-14(10)17(21)20-16-13-5-3-2-4-11(13)8-15(16)18/h2-7,9,15-16H,8H2,1H3,(H,20,21). The molecule has 1 aliphatic carbocycles. The first-order chi connectivity index (χ1) is 10.1. The van der Waals surface area contributed by atoms with Crippen LogP contribution in [-0.4, -0.2) is 10.7 Å². The maximum absolute atomic E-state index is 13.3. The Morgan fingerprint density at radius 1 is 1.29 bits per heavy atom. The molecule has 0 saturated heterocycles. The first kappa shape index (κ1) is 14.3. The van der Waals surface area contributed by atoms with E-state index in [1.807, 2.05) is 25.1 Å². The number of carbonyl (C=O) groups is 1. The highest BCUT2D eigenvalue weighted by Gasteiger charge is 2.31. The van der Waals surface area contributed by atoms with E-state index in [1.54, 1.807) is 6.07 Å². The Balaban J connectivity index is 1.87. The quantitative estimate of drug-likeness (QED) is 0.819. The van der Waals surface area contributed by atoms with Crippen LogP contribution in [0.15, 0.2) is 42.5 Å². The van der Waals surface area contributed by atoms with Crippen molar-refractivity contribution in [2.75, 3.05) is 0 Å². The number of rotatable bonds is 2. The molecule has 0 bridgehead atoms. The number of carbonyl (C=O) groups excluding carboxylic acids is 1. The van der Waals surface area contributed by atoms with Gasteiger partial charge in [0.15, 0.2) is 0 Å². The lowest BCUT2D eigenvalue weighted by atomic mass is 10.1. The van der Waals surface area contributed by atoms with Crippen LogP contribution >= 0.6 is 15.9 Å². The van der Waals surface area contributed by atoms with Crippen molar-refractivity contribution in [1.29, 1.82) is 0 Å². The molecule has 0 aliphatic heterocycles. The zero-order valence-electron chi connectivity index (χ0n) is 11.6. The third-order valence-corrected chi connectivity index (χ3v) is 4.75. The van der Waals surface area contributed by atoms with Gasteiger partial charge in [-0.1, -0.05) is 46.3 Å². The number of amides is 1. The molecule has 2 unspecified atom stereocenters. The number of fused-ring (bicyclic) bond motifs is 1. The number of alkyl halides is 1. The molecule has 0 fully saturated rings. The Labute approximate surface area is 131 Å². The lowest BCUT2D eigenvalue weighted by Crippen LogP contribution is -2.32. The molecule has 0 spiro atoms. The predicted octanol–water partition coefficient (Wildman–Crippen LogP) is 3.92. The van der Waals surface area contributed by atoms with E-state index in [2.05, 4.69) is 27.3 Å². The van der Waals surface area contributed by atoms with Crippen LogP contribution < -0.4 is 5.32 Å². The summed E-state index contributed by atoms with van der Waals surface area (Å²) in [5.41, 5.74) is 3.52. The number of hydrogen-bond acceptors (Lipinski definition) is 1. The molecule has 21 heavy (non-hydrogen) atoms. The van der Waals surface area contributed by atoms with Crippen molar-refractivity contribution in [3.05, 3.63) is 70.5 Å². The fourth-order valence-corrected chi connectivity index (χ4v) is 3.54. The average Bonchev–Trinajstić information content (AvgIpc) is 2.78. The van der Waals surface area contributed by atoms with Crippen molar-refractivity contribution in [2.45, 2.75) is 24.2 Å². The van der Waals surface area contributed by atoms with Gasteiger partial charge in [-0.25, -0.2) is 4.39 Å². The third kappa shape index (κ3) is 2.72. The molecule has 3 rings (SSSR count). The number of hydrogen-bond donors (Lipinski definition) is 1. The van der Waals surface area contributed by atoms with E-state index in [0.717, 1.165) is 17.5 Å². The summed E-state index contributed by atoms with van der Waals surface area (Å²) in [4.78, 5) is 12.6. The highest BCUT2D eigenvalue weighted by atomic mass is 79.9. The second-order valence-corrected chi connectivity index (χ2v) is 6.51. The monoisotopic (exact) mass is 347 g/mol. The molecular formula is C17H15BrFNO. The smallest absolute Gasteiger partial charge is 0.252 e. The normalized spacial score (nSPS) is 20.1. The van der Waals surface area contributed by atoms with E-state index in [0.29, 0.717) is 5.56 Å². The topological polar surface area (TPSA) is 29.1 Å². The van der Waals surface area contributed by atoms with Gasteiger partial charge >= 0.3 is 0 Å². The minimum atomic E-state index is -0.395. The van der Waals surface area contributed by atoms with E-state index in [1.165, 1.54) is 17.7 Å². The SMILES string of the molecule is Cc1ccc(F)cc1C(=O)NC1c2ccccc2CC1Br. The third-order valence-electron chi connectivity index (χ3n) is 3.90. The summed E-state index contributed by atoms with van der Waals surface area (Å²) in [6.07, 6.45) is 0.878. The summed E-state index contributed by atoms with van der Waals surface area (Å²) in [5.74, 6) is -0.633. The van der Waals surface area contributed by atoms with E-state index >= 15 is 0 Å². The number of benzene rings is 2. The van der Waals surface area contributed by atoms with Gasteiger partial charge in [0, 0.05) is 10.4 Å². The van der Waals surface area contributed by atoms with Crippen LogP contribution in [0.5, 0.6) is 0 Å². The zero-order chi connectivity index (χ0) is 15.0. The fraction of sp³-hybridized carbons (Fsp3) is 0.235. The predicted molar refractivity (Wildman–Crippen MR) is 84.2 cm³/mol. The van der Waals surface area contributed by atoms with Crippen molar-refractivity contribution >= 4 is 21.8 Å². The summed E-state index contributed by atoms with van der Waals surface area (Å²) in [7, 11) is 0. The molecule has 0 heterocycles. The van der Waals surface area contributed by atoms with Crippen LogP contribution in [0.3, 0.4) is 0 Å². The summed E-state index contributed by atoms with van der Waals surface area (Å²) in [6.45, 7) is 1.81. The molecule has 2 nitrogen and oxygen atoms in total. The number of aryl methyl sites for hydroxylation is 1. The summed E-state index contributed by atoms with van der Waals surface area (Å²) in [6, 6.07) is 12.3. The molecule has 4 heteroatoms. The van der Waals surface area contributed by atoms with Crippen molar-refractivity contribution in [3.63, 3.8) is 0 Å². The Hall–Kier alpha value is -1.68. The minimum Gasteiger partial charge on any atom is -0.344 e. The van der Waals surface area contributed by atoms with Gasteiger partial charge in [-0.15, -0.1) is 0 Å². The molecule has 1 N–H and O–H groups in total. The molecule has 2 atom stereocenters. The summed E-state index contributed by atoms with van der Waals surface area (Å²) in [5, 5.41) is 3.02. The largest absolute Gasteiger partial charge is 0.344 e. The Kier molecular flexibility index (Phi) is 3.81. The molecule has 1 amide bonds. The van der Waals surface area contributed by atoms with Crippen molar-refractivity contribution in [1.82, 2.24) is 5.32 Å². The molecule has 108 valence electrons. The van der Waals surface area contributed by atoms with Crippen LogP contribution in [0.2, 0.25) is 0 Å². The van der Waals surface area contributed by atoms with Crippen LogP contribution in [0.25, 0.3) is 0 Å². The minimum absolute atomic E-state index is 0.0867. The van der Waals surface area contributed by atoms with Gasteiger partial charge in [-0.05, 0) is 42.2 Å². The second-order valence-electron chi connectivity index (χ2n) is 5.33. The maximum atomic E-state index is 13.3. The van der Waals surface area contributed by atoms with Gasteiger partial charge in [0.1, 0.15) is 5.82 Å². The van der Waals surface area contributed by atoms with Gasteiger partial charge in [0.25, 0.3) is 5.91 Å². The van der Waals surface area contributed by atoms with Crippen LogP contribution in [0, 0.1) is 12.7 Å². The first-order valence-electron chi connectivity index (χ1n) is 6.85. The van der Waals surface area contributed by atoms with Crippen LogP contribution in [-0.2, 0) is 6.42 Å². The lowest BCUT2D eigenvalue weighted by molar-refractivity contribution is 0.0937. The average molecular weight is 348 g/mol. The van der Waals surface area contributed by atoms with Gasteiger partial charge in [-0.3, -0.25) is 4.79 Å². The molecule has 0 aromatic heterocycles. The Bertz CT molecular complexity index is 701. The Morgan fingerprint density at radius 3 is 2.86 bits per heavy atom. The zero-order valence-corrected chi connectivity index (χ0v) is 13.2. The molecule has 1 aliphatic rings. The van der Waals surface area contributed by atoms with Crippen LogP contribution in [0.1, 0.15) is 33.1 Å². The van der Waals surface area contributed by atoms with E-state index in [-0.39, 0.29) is 16.8 Å². The molecule has 2 aromatic carbocycles. The van der Waals surface area contributed by atoms with Crippen molar-refractivity contribution in [2.24, 2.45) is 0 Å². The highest BCUT2D eigenvalue weighted by Crippen LogP contribution is 2.35. The van der Waals surface area contributed by atoms with E-state index < -0.39 is 5.82 Å². The lowest BCUT2D eigenvalue weighted by Gasteiger charge is -2.18. The first-order valence-corrected chi connectivity index (χ1v) is 7.76. The molecule has 0 saturated carbocycles. The molecule has 0 radical (unpaired) electrons. The maximum Gasteiger partial charge on any atom is 0.252 e. The van der Waals surface area contributed by atoms with E-state index in [9.17, 15) is 9.18 Å². The summed E-state index contributed by atoms with van der Waals surface area (Å²) < 4.78 is 13.3. The van der Waals surface area contributed by atoms with Gasteiger partial charge in [-0.2, -0.15) is 0 Å². The molecule has 2 aromatic rings. The van der Waals surface area contributed by atoms with Crippen LogP contribution in [0.4, 0.5) is 4.39 Å².